The molecule has 0 radical (unpaired) electrons. The zero-order valence-electron chi connectivity index (χ0n) is 16.0. The van der Waals surface area contributed by atoms with Crippen molar-refractivity contribution >= 4 is 22.8 Å². The Morgan fingerprint density at radius 1 is 0.964 bits per heavy atom. The van der Waals surface area contributed by atoms with Crippen LogP contribution < -0.4 is 4.74 Å². The summed E-state index contributed by atoms with van der Waals surface area (Å²) in [6.45, 7) is 2.19. The molecular weight excluding hydrogens is 368 g/mol. The molecule has 0 amide bonds. The fourth-order valence-electron chi connectivity index (χ4n) is 2.90. The minimum Gasteiger partial charge on any atom is -0.497 e. The van der Waals surface area contributed by atoms with Crippen LogP contribution in [0.4, 0.5) is 0 Å². The van der Waals surface area contributed by atoms with Crippen LogP contribution in [0.15, 0.2) is 59.8 Å². The molecule has 5 nitrogen and oxygen atoms in total. The SMILES string of the molecule is CCCCSc1nc(-c2ccc(OC)cc2)cc(-c2nc3ccccc3[nH]2)n1. The van der Waals surface area contributed by atoms with Crippen LogP contribution in [-0.2, 0) is 0 Å². The highest BCUT2D eigenvalue weighted by Gasteiger charge is 2.12. The van der Waals surface area contributed by atoms with Gasteiger partial charge in [-0.25, -0.2) is 15.0 Å². The van der Waals surface area contributed by atoms with E-state index in [2.05, 4.69) is 11.9 Å². The maximum Gasteiger partial charge on any atom is 0.188 e. The van der Waals surface area contributed by atoms with E-state index < -0.39 is 0 Å². The molecule has 0 aliphatic rings. The number of benzene rings is 2. The number of imidazole rings is 1. The highest BCUT2D eigenvalue weighted by atomic mass is 32.2. The minimum atomic E-state index is 0.760. The Morgan fingerprint density at radius 2 is 1.75 bits per heavy atom. The molecule has 0 saturated carbocycles. The highest BCUT2D eigenvalue weighted by molar-refractivity contribution is 7.99. The van der Waals surface area contributed by atoms with E-state index in [1.165, 1.54) is 0 Å². The van der Waals surface area contributed by atoms with Gasteiger partial charge in [0.25, 0.3) is 0 Å². The average Bonchev–Trinajstić information content (AvgIpc) is 3.18. The number of aromatic nitrogens is 4. The number of unbranched alkanes of at least 4 members (excludes halogenated alkanes) is 1. The molecule has 28 heavy (non-hydrogen) atoms. The van der Waals surface area contributed by atoms with Gasteiger partial charge in [0.1, 0.15) is 11.4 Å². The monoisotopic (exact) mass is 390 g/mol. The Balaban J connectivity index is 1.76. The van der Waals surface area contributed by atoms with E-state index in [1.54, 1.807) is 18.9 Å². The standard InChI is InChI=1S/C22H22N4OS/c1-3-4-13-28-22-25-19(15-9-11-16(27-2)12-10-15)14-20(26-22)21-23-17-7-5-6-8-18(17)24-21/h5-12,14H,3-4,13H2,1-2H3,(H,23,24). The van der Waals surface area contributed by atoms with E-state index in [0.29, 0.717) is 0 Å². The van der Waals surface area contributed by atoms with Crippen LogP contribution in [0.3, 0.4) is 0 Å². The molecule has 0 bridgehead atoms. The molecule has 0 saturated heterocycles. The molecular formula is C22H22N4OS. The zero-order valence-corrected chi connectivity index (χ0v) is 16.8. The second-order valence-electron chi connectivity index (χ2n) is 6.45. The van der Waals surface area contributed by atoms with Gasteiger partial charge < -0.3 is 9.72 Å². The first-order valence-electron chi connectivity index (χ1n) is 9.38. The van der Waals surface area contributed by atoms with E-state index in [4.69, 9.17) is 19.7 Å². The van der Waals surface area contributed by atoms with Crippen LogP contribution in [0.2, 0.25) is 0 Å². The Morgan fingerprint density at radius 3 is 2.50 bits per heavy atom. The van der Waals surface area contributed by atoms with Crippen LogP contribution in [0.5, 0.6) is 5.75 Å². The molecule has 0 atom stereocenters. The minimum absolute atomic E-state index is 0.760. The van der Waals surface area contributed by atoms with Gasteiger partial charge in [0.05, 0.1) is 23.8 Å². The van der Waals surface area contributed by atoms with Crippen molar-refractivity contribution in [2.45, 2.75) is 24.9 Å². The largest absolute Gasteiger partial charge is 0.497 e. The van der Waals surface area contributed by atoms with Gasteiger partial charge in [-0.05, 0) is 48.9 Å². The smallest absolute Gasteiger partial charge is 0.188 e. The lowest BCUT2D eigenvalue weighted by Crippen LogP contribution is -1.96. The zero-order chi connectivity index (χ0) is 19.3. The second kappa shape index (κ2) is 8.44. The van der Waals surface area contributed by atoms with Gasteiger partial charge in [-0.3, -0.25) is 0 Å². The predicted molar refractivity (Wildman–Crippen MR) is 115 cm³/mol. The van der Waals surface area contributed by atoms with Gasteiger partial charge in [-0.15, -0.1) is 0 Å². The molecule has 142 valence electrons. The van der Waals surface area contributed by atoms with Crippen molar-refractivity contribution in [1.82, 2.24) is 19.9 Å². The van der Waals surface area contributed by atoms with Gasteiger partial charge in [0.15, 0.2) is 11.0 Å². The quantitative estimate of drug-likeness (QED) is 0.253. The van der Waals surface area contributed by atoms with Gasteiger partial charge in [0, 0.05) is 11.3 Å². The van der Waals surface area contributed by atoms with Crippen molar-refractivity contribution in [3.8, 4) is 28.5 Å². The Hall–Kier alpha value is -2.86. The third-order valence-electron chi connectivity index (χ3n) is 4.45. The fourth-order valence-corrected chi connectivity index (χ4v) is 3.84. The lowest BCUT2D eigenvalue weighted by Gasteiger charge is -2.08. The number of ether oxygens (including phenoxy) is 1. The van der Waals surface area contributed by atoms with Gasteiger partial charge >= 0.3 is 0 Å². The second-order valence-corrected chi connectivity index (χ2v) is 7.52. The summed E-state index contributed by atoms with van der Waals surface area (Å²) in [5.74, 6) is 2.59. The summed E-state index contributed by atoms with van der Waals surface area (Å²) < 4.78 is 5.27. The summed E-state index contributed by atoms with van der Waals surface area (Å²) in [5, 5.41) is 0.775. The highest BCUT2D eigenvalue weighted by Crippen LogP contribution is 2.28. The number of methoxy groups -OCH3 is 1. The van der Waals surface area contributed by atoms with Crippen molar-refractivity contribution in [2.24, 2.45) is 0 Å². The molecule has 0 unspecified atom stereocenters. The normalized spacial score (nSPS) is 11.1. The van der Waals surface area contributed by atoms with E-state index in [0.717, 1.165) is 63.3 Å². The number of para-hydroxylation sites is 2. The number of hydrogen-bond donors (Lipinski definition) is 1. The van der Waals surface area contributed by atoms with Crippen molar-refractivity contribution in [3.63, 3.8) is 0 Å². The summed E-state index contributed by atoms with van der Waals surface area (Å²) in [5.41, 5.74) is 4.64. The van der Waals surface area contributed by atoms with Crippen LogP contribution in [0.25, 0.3) is 33.8 Å². The van der Waals surface area contributed by atoms with Crippen molar-refractivity contribution in [2.75, 3.05) is 12.9 Å². The number of nitrogens with zero attached hydrogens (tertiary/aromatic N) is 3. The third-order valence-corrected chi connectivity index (χ3v) is 5.39. The maximum atomic E-state index is 5.27. The topological polar surface area (TPSA) is 63.7 Å². The number of rotatable bonds is 7. The predicted octanol–water partition coefficient (Wildman–Crippen LogP) is 5.59. The number of nitrogens with one attached hydrogen (secondary N) is 1. The van der Waals surface area contributed by atoms with E-state index in [-0.39, 0.29) is 0 Å². The molecule has 0 fully saturated rings. The first-order chi connectivity index (χ1) is 13.8. The summed E-state index contributed by atoms with van der Waals surface area (Å²) >= 11 is 1.69. The summed E-state index contributed by atoms with van der Waals surface area (Å²) in [6.07, 6.45) is 2.29. The molecule has 4 rings (SSSR count). The molecule has 2 heterocycles. The van der Waals surface area contributed by atoms with Gasteiger partial charge in [-0.2, -0.15) is 0 Å². The van der Waals surface area contributed by atoms with Gasteiger partial charge in [-0.1, -0.05) is 37.2 Å². The molecule has 2 aromatic heterocycles. The molecule has 1 N–H and O–H groups in total. The van der Waals surface area contributed by atoms with Crippen LogP contribution in [0, 0.1) is 0 Å². The van der Waals surface area contributed by atoms with Gasteiger partial charge in [0.2, 0.25) is 0 Å². The molecule has 4 aromatic rings. The van der Waals surface area contributed by atoms with E-state index in [9.17, 15) is 0 Å². The van der Waals surface area contributed by atoms with Crippen LogP contribution in [0.1, 0.15) is 19.8 Å². The average molecular weight is 391 g/mol. The Labute approximate surface area is 168 Å². The summed E-state index contributed by atoms with van der Waals surface area (Å²) in [6, 6.07) is 17.9. The number of hydrogen-bond acceptors (Lipinski definition) is 5. The lowest BCUT2D eigenvalue weighted by molar-refractivity contribution is 0.415. The third kappa shape index (κ3) is 4.02. The van der Waals surface area contributed by atoms with Crippen molar-refractivity contribution in [3.05, 3.63) is 54.6 Å². The summed E-state index contributed by atoms with van der Waals surface area (Å²) in [4.78, 5) is 17.6. The molecule has 0 aliphatic heterocycles. The first kappa shape index (κ1) is 18.5. The number of aromatic amines is 1. The number of thioether (sulfide) groups is 1. The number of H-pyrrole nitrogens is 1. The summed E-state index contributed by atoms with van der Waals surface area (Å²) in [7, 11) is 1.67. The Bertz CT molecular complexity index is 1040. The van der Waals surface area contributed by atoms with Crippen LogP contribution in [-0.4, -0.2) is 32.8 Å². The molecule has 0 aliphatic carbocycles. The lowest BCUT2D eigenvalue weighted by atomic mass is 10.1. The number of fused-ring (bicyclic) bond motifs is 1. The van der Waals surface area contributed by atoms with E-state index >= 15 is 0 Å². The van der Waals surface area contributed by atoms with Crippen molar-refractivity contribution in [1.29, 1.82) is 0 Å². The maximum absolute atomic E-state index is 5.27. The van der Waals surface area contributed by atoms with E-state index in [1.807, 2.05) is 54.6 Å². The molecule has 0 spiro atoms. The fraction of sp³-hybridized carbons (Fsp3) is 0.227. The first-order valence-corrected chi connectivity index (χ1v) is 10.4. The Kier molecular flexibility index (Phi) is 5.58. The van der Waals surface area contributed by atoms with Crippen molar-refractivity contribution < 1.29 is 4.74 Å². The molecule has 6 heteroatoms. The molecule has 2 aromatic carbocycles. The van der Waals surface area contributed by atoms with Crippen LogP contribution >= 0.6 is 11.8 Å².